The van der Waals surface area contributed by atoms with Gasteiger partial charge in [0, 0.05) is 5.56 Å². The smallest absolute Gasteiger partial charge is 0.344 e. The first kappa shape index (κ1) is 22.1. The van der Waals surface area contributed by atoms with Gasteiger partial charge in [-0.1, -0.05) is 61.5 Å². The fourth-order valence-corrected chi connectivity index (χ4v) is 2.94. The minimum Gasteiger partial charge on any atom is -0.489 e. The molecule has 3 rings (SSSR count). The van der Waals surface area contributed by atoms with Crippen LogP contribution in [0, 0.1) is 0 Å². The zero-order chi connectivity index (χ0) is 22.1. The van der Waals surface area contributed by atoms with Gasteiger partial charge in [0.25, 0.3) is 0 Å². The Morgan fingerprint density at radius 1 is 0.774 bits per heavy atom. The summed E-state index contributed by atoms with van der Waals surface area (Å²) in [6.45, 7) is 3.80. The number of ether oxygens (including phenoxy) is 3. The number of esters is 1. The van der Waals surface area contributed by atoms with Gasteiger partial charge in [0.05, 0.1) is 0 Å². The van der Waals surface area contributed by atoms with Gasteiger partial charge in [0.1, 0.15) is 18.1 Å². The highest BCUT2D eigenvalue weighted by Gasteiger charge is 2.19. The van der Waals surface area contributed by atoms with Gasteiger partial charge in [-0.3, -0.25) is 4.79 Å². The Balaban J connectivity index is 1.43. The van der Waals surface area contributed by atoms with Gasteiger partial charge in [0.2, 0.25) is 5.78 Å². The number of aryl methyl sites for hydroxylation is 1. The van der Waals surface area contributed by atoms with Crippen LogP contribution >= 0.6 is 0 Å². The number of rotatable bonds is 10. The van der Waals surface area contributed by atoms with Crippen LogP contribution in [-0.4, -0.2) is 24.5 Å². The van der Waals surface area contributed by atoms with Crippen molar-refractivity contribution in [2.75, 3.05) is 6.61 Å². The Kier molecular flexibility index (Phi) is 7.82. The van der Waals surface area contributed by atoms with Crippen molar-refractivity contribution in [3.05, 3.63) is 95.6 Å². The Bertz CT molecular complexity index is 979. The normalized spacial score (nSPS) is 11.4. The number of hydrogen-bond acceptors (Lipinski definition) is 5. The molecule has 3 aromatic carbocycles. The van der Waals surface area contributed by atoms with E-state index in [1.807, 2.05) is 49.4 Å². The largest absolute Gasteiger partial charge is 0.489 e. The van der Waals surface area contributed by atoms with E-state index in [2.05, 4.69) is 0 Å². The second-order valence-corrected chi connectivity index (χ2v) is 7.08. The van der Waals surface area contributed by atoms with Crippen molar-refractivity contribution in [3.63, 3.8) is 0 Å². The quantitative estimate of drug-likeness (QED) is 0.342. The average molecular weight is 418 g/mol. The fourth-order valence-electron chi connectivity index (χ4n) is 2.94. The third kappa shape index (κ3) is 6.71. The van der Waals surface area contributed by atoms with E-state index in [9.17, 15) is 9.59 Å². The molecule has 3 aromatic rings. The lowest BCUT2D eigenvalue weighted by molar-refractivity contribution is -0.148. The van der Waals surface area contributed by atoms with Gasteiger partial charge in [-0.05, 0) is 48.7 Å². The number of Topliss-reactive ketones (excluding diaryl/α,β-unsaturated/α-hetero) is 1. The third-order valence-corrected chi connectivity index (χ3v) is 4.75. The summed E-state index contributed by atoms with van der Waals surface area (Å²) in [5, 5.41) is 0. The van der Waals surface area contributed by atoms with Crippen LogP contribution < -0.4 is 9.47 Å². The van der Waals surface area contributed by atoms with Crippen molar-refractivity contribution in [3.8, 4) is 11.5 Å². The van der Waals surface area contributed by atoms with E-state index >= 15 is 0 Å². The molecular formula is C26H26O5. The van der Waals surface area contributed by atoms with Crippen molar-refractivity contribution in [1.82, 2.24) is 0 Å². The predicted molar refractivity (Wildman–Crippen MR) is 118 cm³/mol. The highest BCUT2D eigenvalue weighted by Crippen LogP contribution is 2.19. The summed E-state index contributed by atoms with van der Waals surface area (Å²) >= 11 is 0. The van der Waals surface area contributed by atoms with Gasteiger partial charge >= 0.3 is 5.97 Å². The Morgan fingerprint density at radius 3 is 2.00 bits per heavy atom. The van der Waals surface area contributed by atoms with Gasteiger partial charge in [-0.25, -0.2) is 4.79 Å². The molecular weight excluding hydrogens is 392 g/mol. The number of benzene rings is 3. The summed E-state index contributed by atoms with van der Waals surface area (Å²) in [4.78, 5) is 24.5. The molecule has 0 saturated heterocycles. The zero-order valence-electron chi connectivity index (χ0n) is 17.7. The van der Waals surface area contributed by atoms with Crippen LogP contribution in [0.25, 0.3) is 0 Å². The van der Waals surface area contributed by atoms with Crippen LogP contribution in [0.1, 0.15) is 35.3 Å². The molecule has 0 N–H and O–H groups in total. The van der Waals surface area contributed by atoms with Crippen molar-refractivity contribution in [2.45, 2.75) is 33.0 Å². The molecule has 0 aromatic heterocycles. The number of carbonyl (C=O) groups is 2. The molecule has 0 amide bonds. The standard InChI is InChI=1S/C26H26O5/c1-3-20-9-11-22(12-10-20)26(28)19(2)31-25(27)18-30-24-15-13-23(14-16-24)29-17-21-7-5-4-6-8-21/h4-16,19H,3,17-18H2,1-2H3/t19-/m1/s1. The van der Waals surface area contributed by atoms with Crippen molar-refractivity contribution in [2.24, 2.45) is 0 Å². The van der Waals surface area contributed by atoms with Gasteiger partial charge in [0.15, 0.2) is 12.7 Å². The summed E-state index contributed by atoms with van der Waals surface area (Å²) in [6, 6.07) is 24.2. The lowest BCUT2D eigenvalue weighted by Crippen LogP contribution is -2.27. The molecule has 0 spiro atoms. The monoisotopic (exact) mass is 418 g/mol. The predicted octanol–water partition coefficient (Wildman–Crippen LogP) is 5.02. The molecule has 0 radical (unpaired) electrons. The number of hydrogen-bond donors (Lipinski definition) is 0. The van der Waals surface area contributed by atoms with Crippen LogP contribution in [0.4, 0.5) is 0 Å². The minimum atomic E-state index is -0.877. The Morgan fingerprint density at radius 2 is 1.39 bits per heavy atom. The average Bonchev–Trinajstić information content (AvgIpc) is 2.82. The zero-order valence-corrected chi connectivity index (χ0v) is 17.7. The minimum absolute atomic E-state index is 0.240. The van der Waals surface area contributed by atoms with Gasteiger partial charge < -0.3 is 14.2 Å². The van der Waals surface area contributed by atoms with E-state index in [0.29, 0.717) is 23.7 Å². The lowest BCUT2D eigenvalue weighted by atomic mass is 10.0. The maximum Gasteiger partial charge on any atom is 0.344 e. The SMILES string of the molecule is CCc1ccc(C(=O)[C@@H](C)OC(=O)COc2ccc(OCc3ccccc3)cc2)cc1. The molecule has 0 aliphatic rings. The van der Waals surface area contributed by atoms with Crippen LogP contribution in [0.2, 0.25) is 0 Å². The van der Waals surface area contributed by atoms with Gasteiger partial charge in [-0.2, -0.15) is 0 Å². The first-order chi connectivity index (χ1) is 15.0. The Labute approximate surface area is 182 Å². The van der Waals surface area contributed by atoms with E-state index in [1.54, 1.807) is 43.3 Å². The Hall–Kier alpha value is -3.60. The first-order valence-electron chi connectivity index (χ1n) is 10.3. The molecule has 0 saturated carbocycles. The third-order valence-electron chi connectivity index (χ3n) is 4.75. The molecule has 160 valence electrons. The second-order valence-electron chi connectivity index (χ2n) is 7.08. The highest BCUT2D eigenvalue weighted by molar-refractivity contribution is 6.00. The summed E-state index contributed by atoms with van der Waals surface area (Å²) in [5.41, 5.74) is 2.74. The molecule has 0 aliphatic heterocycles. The van der Waals surface area contributed by atoms with E-state index < -0.39 is 12.1 Å². The molecule has 1 atom stereocenters. The van der Waals surface area contributed by atoms with Crippen molar-refractivity contribution < 1.29 is 23.8 Å². The van der Waals surface area contributed by atoms with Crippen LogP contribution in [-0.2, 0) is 22.6 Å². The van der Waals surface area contributed by atoms with Crippen LogP contribution in [0.15, 0.2) is 78.9 Å². The highest BCUT2D eigenvalue weighted by atomic mass is 16.6. The van der Waals surface area contributed by atoms with E-state index in [4.69, 9.17) is 14.2 Å². The molecule has 5 heteroatoms. The molecule has 0 heterocycles. The summed E-state index contributed by atoms with van der Waals surface area (Å²) in [6.07, 6.45) is 0.0218. The number of carbonyl (C=O) groups excluding carboxylic acids is 2. The summed E-state index contributed by atoms with van der Waals surface area (Å²) < 4.78 is 16.4. The second kappa shape index (κ2) is 11.0. The molecule has 0 fully saturated rings. The van der Waals surface area contributed by atoms with E-state index in [0.717, 1.165) is 17.5 Å². The maximum atomic E-state index is 12.4. The van der Waals surface area contributed by atoms with Crippen LogP contribution in [0.5, 0.6) is 11.5 Å². The molecule has 0 bridgehead atoms. The fraction of sp³-hybridized carbons (Fsp3) is 0.231. The number of ketones is 1. The van der Waals surface area contributed by atoms with Crippen LogP contribution in [0.3, 0.4) is 0 Å². The van der Waals surface area contributed by atoms with Gasteiger partial charge in [-0.15, -0.1) is 0 Å². The van der Waals surface area contributed by atoms with E-state index in [-0.39, 0.29) is 12.4 Å². The van der Waals surface area contributed by atoms with Crippen molar-refractivity contribution >= 4 is 11.8 Å². The topological polar surface area (TPSA) is 61.8 Å². The summed E-state index contributed by atoms with van der Waals surface area (Å²) in [5.74, 6) is 0.372. The first-order valence-corrected chi connectivity index (χ1v) is 10.3. The molecule has 0 aliphatic carbocycles. The molecule has 31 heavy (non-hydrogen) atoms. The molecule has 0 unspecified atom stereocenters. The molecule has 5 nitrogen and oxygen atoms in total. The van der Waals surface area contributed by atoms with E-state index in [1.165, 1.54) is 0 Å². The summed E-state index contributed by atoms with van der Waals surface area (Å²) in [7, 11) is 0. The van der Waals surface area contributed by atoms with Crippen molar-refractivity contribution in [1.29, 1.82) is 0 Å². The lowest BCUT2D eigenvalue weighted by Gasteiger charge is -2.13. The maximum absolute atomic E-state index is 12.4.